The first-order valence-electron chi connectivity index (χ1n) is 5.77. The molecule has 1 aromatic rings. The molecule has 2 rings (SSSR count). The molecule has 0 aliphatic heterocycles. The summed E-state index contributed by atoms with van der Waals surface area (Å²) in [7, 11) is 0. The van der Waals surface area contributed by atoms with E-state index >= 15 is 0 Å². The van der Waals surface area contributed by atoms with Crippen LogP contribution in [-0.2, 0) is 0 Å². The Balaban J connectivity index is 2.37. The molecule has 4 heteroatoms. The molecule has 0 radical (unpaired) electrons. The van der Waals surface area contributed by atoms with Crippen molar-refractivity contribution in [2.45, 2.75) is 38.7 Å². The lowest BCUT2D eigenvalue weighted by atomic mass is 9.79. The number of benzene rings is 1. The Morgan fingerprint density at radius 3 is 2.29 bits per heavy atom. The van der Waals surface area contributed by atoms with Gasteiger partial charge >= 0.3 is 0 Å². The number of aliphatic hydroxyl groups excluding tert-OH is 1. The third-order valence-corrected chi connectivity index (χ3v) is 3.77. The second kappa shape index (κ2) is 4.33. The van der Waals surface area contributed by atoms with Gasteiger partial charge in [0.25, 0.3) is 0 Å². The largest absolute Gasteiger partial charge is 0.388 e. The van der Waals surface area contributed by atoms with E-state index in [4.69, 9.17) is 0 Å². The van der Waals surface area contributed by atoms with Crippen LogP contribution in [0, 0.1) is 22.9 Å². The van der Waals surface area contributed by atoms with E-state index in [1.807, 2.05) is 6.92 Å². The second-order valence-corrected chi connectivity index (χ2v) is 5.03. The summed E-state index contributed by atoms with van der Waals surface area (Å²) in [6.45, 7) is 1.85. The third kappa shape index (κ3) is 2.06. The van der Waals surface area contributed by atoms with E-state index in [1.165, 1.54) is 0 Å². The normalized spacial score (nSPS) is 20.5. The number of rotatable bonds is 2. The van der Waals surface area contributed by atoms with Crippen molar-refractivity contribution in [3.63, 3.8) is 0 Å². The van der Waals surface area contributed by atoms with Gasteiger partial charge in [-0.25, -0.2) is 13.2 Å². The molecular weight excluding hydrogens is 229 g/mol. The summed E-state index contributed by atoms with van der Waals surface area (Å²) < 4.78 is 39.5. The van der Waals surface area contributed by atoms with Crippen molar-refractivity contribution < 1.29 is 18.3 Å². The Morgan fingerprint density at radius 1 is 1.12 bits per heavy atom. The molecule has 17 heavy (non-hydrogen) atoms. The second-order valence-electron chi connectivity index (χ2n) is 5.03. The third-order valence-electron chi connectivity index (χ3n) is 3.77. The van der Waals surface area contributed by atoms with Gasteiger partial charge in [-0.05, 0) is 24.3 Å². The summed E-state index contributed by atoms with van der Waals surface area (Å²) >= 11 is 0. The molecule has 0 aromatic heterocycles. The molecule has 1 aliphatic rings. The zero-order valence-electron chi connectivity index (χ0n) is 9.64. The Hall–Kier alpha value is -1.03. The summed E-state index contributed by atoms with van der Waals surface area (Å²) in [4.78, 5) is 0. The summed E-state index contributed by atoms with van der Waals surface area (Å²) in [6, 6.07) is 1.98. The number of halogens is 3. The first-order chi connectivity index (χ1) is 7.96. The fourth-order valence-electron chi connectivity index (χ4n) is 2.58. The SMILES string of the molecule is CC1(C(O)c2ccc(F)c(F)c2F)CCCC1. The van der Waals surface area contributed by atoms with Crippen LogP contribution < -0.4 is 0 Å². The maximum absolute atomic E-state index is 13.6. The monoisotopic (exact) mass is 244 g/mol. The predicted molar refractivity (Wildman–Crippen MR) is 57.9 cm³/mol. The van der Waals surface area contributed by atoms with E-state index in [0.29, 0.717) is 0 Å². The summed E-state index contributed by atoms with van der Waals surface area (Å²) in [5, 5.41) is 10.1. The van der Waals surface area contributed by atoms with Crippen molar-refractivity contribution in [3.05, 3.63) is 35.1 Å². The summed E-state index contributed by atoms with van der Waals surface area (Å²) in [6.07, 6.45) is 2.40. The quantitative estimate of drug-likeness (QED) is 0.786. The molecule has 1 aliphatic carbocycles. The van der Waals surface area contributed by atoms with Crippen LogP contribution in [-0.4, -0.2) is 5.11 Å². The predicted octanol–water partition coefficient (Wildman–Crippen LogP) is 3.72. The molecule has 1 N–H and O–H groups in total. The number of hydrogen-bond acceptors (Lipinski definition) is 1. The van der Waals surface area contributed by atoms with Crippen LogP contribution in [0.15, 0.2) is 12.1 Å². The van der Waals surface area contributed by atoms with Crippen LogP contribution in [0.1, 0.15) is 44.3 Å². The fourth-order valence-corrected chi connectivity index (χ4v) is 2.58. The van der Waals surface area contributed by atoms with E-state index < -0.39 is 29.0 Å². The highest BCUT2D eigenvalue weighted by atomic mass is 19.2. The molecule has 0 spiro atoms. The van der Waals surface area contributed by atoms with Crippen molar-refractivity contribution in [1.29, 1.82) is 0 Å². The number of hydrogen-bond donors (Lipinski definition) is 1. The minimum Gasteiger partial charge on any atom is -0.388 e. The van der Waals surface area contributed by atoms with Gasteiger partial charge in [-0.3, -0.25) is 0 Å². The standard InChI is InChI=1S/C13H15F3O/c1-13(6-2-3-7-13)12(17)8-4-5-9(14)11(16)10(8)15/h4-5,12,17H,2-3,6-7H2,1H3. The van der Waals surface area contributed by atoms with Gasteiger partial charge in [0.1, 0.15) is 0 Å². The lowest BCUT2D eigenvalue weighted by Gasteiger charge is -2.30. The van der Waals surface area contributed by atoms with Gasteiger partial charge in [0.2, 0.25) is 0 Å². The van der Waals surface area contributed by atoms with Crippen LogP contribution in [0.25, 0.3) is 0 Å². The average Bonchev–Trinajstić information content (AvgIpc) is 2.74. The first kappa shape index (κ1) is 12.4. The molecular formula is C13H15F3O. The lowest BCUT2D eigenvalue weighted by Crippen LogP contribution is -2.23. The minimum atomic E-state index is -1.51. The summed E-state index contributed by atoms with van der Waals surface area (Å²) in [5.74, 6) is -4.01. The van der Waals surface area contributed by atoms with Gasteiger partial charge in [0, 0.05) is 5.56 Å². The van der Waals surface area contributed by atoms with Crippen molar-refractivity contribution in [2.24, 2.45) is 5.41 Å². The zero-order valence-corrected chi connectivity index (χ0v) is 9.64. The molecule has 0 amide bonds. The number of aliphatic hydroxyl groups is 1. The smallest absolute Gasteiger partial charge is 0.194 e. The molecule has 94 valence electrons. The van der Waals surface area contributed by atoms with Gasteiger partial charge in [-0.15, -0.1) is 0 Å². The Labute approximate surface area is 98.3 Å². The maximum Gasteiger partial charge on any atom is 0.194 e. The topological polar surface area (TPSA) is 20.2 Å². The van der Waals surface area contributed by atoms with E-state index in [1.54, 1.807) is 0 Å². The molecule has 1 fully saturated rings. The highest BCUT2D eigenvalue weighted by Crippen LogP contribution is 2.47. The van der Waals surface area contributed by atoms with Crippen molar-refractivity contribution >= 4 is 0 Å². The van der Waals surface area contributed by atoms with E-state index in [0.717, 1.165) is 37.8 Å². The molecule has 0 saturated heterocycles. The van der Waals surface area contributed by atoms with Crippen LogP contribution in [0.3, 0.4) is 0 Å². The van der Waals surface area contributed by atoms with Gasteiger partial charge in [-0.1, -0.05) is 25.8 Å². The molecule has 1 aromatic carbocycles. The first-order valence-corrected chi connectivity index (χ1v) is 5.77. The van der Waals surface area contributed by atoms with Crippen molar-refractivity contribution in [3.8, 4) is 0 Å². The Bertz CT molecular complexity index is 425. The van der Waals surface area contributed by atoms with Gasteiger partial charge in [0.05, 0.1) is 6.10 Å². The molecule has 1 saturated carbocycles. The molecule has 1 unspecified atom stereocenters. The summed E-state index contributed by atoms with van der Waals surface area (Å²) in [5.41, 5.74) is -0.584. The van der Waals surface area contributed by atoms with Crippen molar-refractivity contribution in [2.75, 3.05) is 0 Å². The highest BCUT2D eigenvalue weighted by Gasteiger charge is 2.38. The highest BCUT2D eigenvalue weighted by molar-refractivity contribution is 5.24. The Morgan fingerprint density at radius 2 is 1.71 bits per heavy atom. The van der Waals surface area contributed by atoms with Crippen molar-refractivity contribution in [1.82, 2.24) is 0 Å². The van der Waals surface area contributed by atoms with E-state index in [-0.39, 0.29) is 5.56 Å². The van der Waals surface area contributed by atoms with Crippen LogP contribution >= 0.6 is 0 Å². The molecule has 0 heterocycles. The molecule has 1 atom stereocenters. The van der Waals surface area contributed by atoms with Gasteiger partial charge in [0.15, 0.2) is 17.5 Å². The van der Waals surface area contributed by atoms with Crippen LogP contribution in [0.5, 0.6) is 0 Å². The Kier molecular flexibility index (Phi) is 3.17. The minimum absolute atomic E-state index is 0.145. The van der Waals surface area contributed by atoms with Crippen LogP contribution in [0.4, 0.5) is 13.2 Å². The van der Waals surface area contributed by atoms with Gasteiger partial charge < -0.3 is 5.11 Å². The zero-order chi connectivity index (χ0) is 12.6. The molecule has 1 nitrogen and oxygen atoms in total. The molecule has 0 bridgehead atoms. The van der Waals surface area contributed by atoms with E-state index in [9.17, 15) is 18.3 Å². The lowest BCUT2D eigenvalue weighted by molar-refractivity contribution is 0.0372. The van der Waals surface area contributed by atoms with Crippen LogP contribution in [0.2, 0.25) is 0 Å². The average molecular weight is 244 g/mol. The maximum atomic E-state index is 13.6. The van der Waals surface area contributed by atoms with Gasteiger partial charge in [-0.2, -0.15) is 0 Å². The fraction of sp³-hybridized carbons (Fsp3) is 0.538. The van der Waals surface area contributed by atoms with E-state index in [2.05, 4.69) is 0 Å².